The molecule has 1 saturated heterocycles. The van der Waals surface area contributed by atoms with Gasteiger partial charge in [-0.3, -0.25) is 0 Å². The van der Waals surface area contributed by atoms with E-state index < -0.39 is 9.04 Å². The van der Waals surface area contributed by atoms with Crippen LogP contribution in [0.5, 0.6) is 5.75 Å². The molecule has 1 aromatic heterocycles. The Morgan fingerprint density at radius 3 is 2.15 bits per heavy atom. The lowest BCUT2D eigenvalue weighted by atomic mass is 9.69. The van der Waals surface area contributed by atoms with Crippen LogP contribution < -0.4 is 15.1 Å². The van der Waals surface area contributed by atoms with Crippen molar-refractivity contribution in [3.05, 3.63) is 84.1 Å². The fourth-order valence-electron chi connectivity index (χ4n) is 8.87. The van der Waals surface area contributed by atoms with Gasteiger partial charge in [-0.15, -0.1) is 0 Å². The molecule has 0 N–H and O–H groups in total. The molecule has 3 fully saturated rings. The summed E-state index contributed by atoms with van der Waals surface area (Å²) < 4.78 is 19.8. The Morgan fingerprint density at radius 1 is 0.846 bits per heavy atom. The Hall–Kier alpha value is -2.97. The second kappa shape index (κ2) is 17.0. The number of ether oxygens (including phenoxy) is 1. The zero-order valence-corrected chi connectivity index (χ0v) is 33.5. The van der Waals surface area contributed by atoms with Gasteiger partial charge in [-0.25, -0.2) is 0 Å². The molecule has 0 spiro atoms. The first-order valence-corrected chi connectivity index (χ1v) is 21.7. The smallest absolute Gasteiger partial charge is 0.283 e. The van der Waals surface area contributed by atoms with E-state index in [0.29, 0.717) is 11.8 Å². The number of benzene rings is 3. The molecule has 1 aliphatic heterocycles. The molecule has 3 aromatic carbocycles. The monoisotopic (exact) mass is 720 g/mol. The minimum atomic E-state index is -1.38. The number of aromatic nitrogens is 1. The third-order valence-corrected chi connectivity index (χ3v) is 14.1. The van der Waals surface area contributed by atoms with Crippen LogP contribution in [0.4, 0.5) is 0 Å². The van der Waals surface area contributed by atoms with Gasteiger partial charge in [0.15, 0.2) is 5.58 Å². The lowest BCUT2D eigenvalue weighted by Gasteiger charge is -2.46. The molecule has 1 radical (unpaired) electrons. The van der Waals surface area contributed by atoms with E-state index in [0.717, 1.165) is 59.4 Å². The standard InChI is InChI=1S/C45H62N3O3Si/c1-45(2,3)44(51-52(36-15-8-6-9-16-36)37-17-10-7-11-18-37)38-19-13-12-14-35(38)30-48-28-26-33(27-29-48)22-24-41-39-23-25-42(49-32-34-20-21-34)40(31-47(4)5)43(39)50-46-41/h6-11,15-18,23,25,33-35,38,44H,12-14,19-22,24,26-32H2,1-5H3/t35-,38-,44?/m0/s1. The van der Waals surface area contributed by atoms with E-state index in [1.807, 2.05) is 0 Å². The molecule has 4 aromatic rings. The SMILES string of the molecule is CN(C)Cc1c(OCC2CC2)ccc2c(CCC3CCN(C[C@@H]4CCCC[C@@H]4C(O[Si](c4ccccc4)c4ccccc4)C(C)(C)C)CC3)noc12. The summed E-state index contributed by atoms with van der Waals surface area (Å²) in [5, 5.41) is 8.48. The van der Waals surface area contributed by atoms with Crippen LogP contribution in [0.15, 0.2) is 77.3 Å². The van der Waals surface area contributed by atoms with E-state index in [1.54, 1.807) is 0 Å². The average Bonchev–Trinajstić information content (AvgIpc) is 3.89. The fourth-order valence-corrected chi connectivity index (χ4v) is 11.2. The maximum Gasteiger partial charge on any atom is 0.283 e. The van der Waals surface area contributed by atoms with Crippen molar-refractivity contribution in [2.75, 3.05) is 40.3 Å². The van der Waals surface area contributed by atoms with Gasteiger partial charge in [0, 0.05) is 18.5 Å². The largest absolute Gasteiger partial charge is 0.493 e. The number of likely N-dealkylation sites (tertiary alicyclic amines) is 1. The summed E-state index contributed by atoms with van der Waals surface area (Å²) in [7, 11) is 2.83. The van der Waals surface area contributed by atoms with Crippen LogP contribution in [-0.2, 0) is 17.4 Å². The summed E-state index contributed by atoms with van der Waals surface area (Å²) in [4.78, 5) is 4.98. The highest BCUT2D eigenvalue weighted by Gasteiger charge is 2.42. The normalized spacial score (nSPS) is 21.3. The molecule has 7 heteroatoms. The van der Waals surface area contributed by atoms with Crippen molar-refractivity contribution >= 4 is 30.4 Å². The maximum absolute atomic E-state index is 7.48. The molecule has 279 valence electrons. The molecule has 0 amide bonds. The van der Waals surface area contributed by atoms with E-state index in [9.17, 15) is 0 Å². The lowest BCUT2D eigenvalue weighted by molar-refractivity contribution is -0.0178. The summed E-state index contributed by atoms with van der Waals surface area (Å²) >= 11 is 0. The number of hydrogen-bond acceptors (Lipinski definition) is 6. The van der Waals surface area contributed by atoms with Crippen molar-refractivity contribution in [1.29, 1.82) is 0 Å². The number of aryl methyl sites for hydroxylation is 1. The Kier molecular flexibility index (Phi) is 12.2. The van der Waals surface area contributed by atoms with Crippen LogP contribution in [0.2, 0.25) is 0 Å². The predicted molar refractivity (Wildman–Crippen MR) is 215 cm³/mol. The van der Waals surface area contributed by atoms with Crippen LogP contribution >= 0.6 is 0 Å². The lowest BCUT2D eigenvalue weighted by Crippen LogP contribution is -2.54. The molecule has 2 heterocycles. The Labute approximate surface area is 315 Å². The van der Waals surface area contributed by atoms with Gasteiger partial charge >= 0.3 is 0 Å². The second-order valence-corrected chi connectivity index (χ2v) is 19.5. The maximum atomic E-state index is 7.48. The van der Waals surface area contributed by atoms with Gasteiger partial charge in [-0.05, 0) is 130 Å². The fraction of sp³-hybridized carbons (Fsp3) is 0.578. The Balaban J connectivity index is 0.972. The Morgan fingerprint density at radius 2 is 1.52 bits per heavy atom. The highest BCUT2D eigenvalue weighted by Crippen LogP contribution is 2.42. The first-order chi connectivity index (χ1) is 25.2. The molecule has 3 aliphatic rings. The topological polar surface area (TPSA) is 51.0 Å². The van der Waals surface area contributed by atoms with Crippen molar-refractivity contribution < 1.29 is 13.7 Å². The number of hydrogen-bond donors (Lipinski definition) is 0. The van der Waals surface area contributed by atoms with Gasteiger partial charge in [0.1, 0.15) is 5.75 Å². The number of piperidine rings is 1. The third-order valence-electron chi connectivity index (χ3n) is 11.9. The van der Waals surface area contributed by atoms with E-state index in [4.69, 9.17) is 13.7 Å². The number of nitrogens with zero attached hydrogens (tertiary/aromatic N) is 3. The first kappa shape index (κ1) is 37.3. The summed E-state index contributed by atoms with van der Waals surface area (Å²) in [6.45, 7) is 12.4. The quantitative estimate of drug-likeness (QED) is 0.115. The van der Waals surface area contributed by atoms with Crippen molar-refractivity contribution in [1.82, 2.24) is 15.0 Å². The average molecular weight is 721 g/mol. The van der Waals surface area contributed by atoms with Crippen LogP contribution in [-0.4, -0.2) is 70.4 Å². The zero-order valence-electron chi connectivity index (χ0n) is 32.5. The van der Waals surface area contributed by atoms with Gasteiger partial charge in [-0.1, -0.05) is 99.4 Å². The first-order valence-electron chi connectivity index (χ1n) is 20.3. The van der Waals surface area contributed by atoms with E-state index >= 15 is 0 Å². The van der Waals surface area contributed by atoms with Crippen LogP contribution in [0.25, 0.3) is 11.0 Å². The van der Waals surface area contributed by atoms with Gasteiger partial charge in [0.2, 0.25) is 0 Å². The molecule has 7 rings (SSSR count). The molecule has 2 saturated carbocycles. The van der Waals surface area contributed by atoms with Gasteiger partial charge in [0.25, 0.3) is 9.04 Å². The molecular weight excluding hydrogens is 659 g/mol. The molecule has 52 heavy (non-hydrogen) atoms. The van der Waals surface area contributed by atoms with Gasteiger partial charge in [0.05, 0.1) is 24.0 Å². The molecular formula is C45H62N3O3Si. The molecule has 1 unspecified atom stereocenters. The van der Waals surface area contributed by atoms with E-state index in [2.05, 4.69) is 123 Å². The minimum absolute atomic E-state index is 0.0659. The molecule has 2 aliphatic carbocycles. The van der Waals surface area contributed by atoms with Crippen LogP contribution in [0.1, 0.15) is 89.8 Å². The summed E-state index contributed by atoms with van der Waals surface area (Å²) in [6.07, 6.45) is 12.8. The van der Waals surface area contributed by atoms with Gasteiger partial charge in [-0.2, -0.15) is 0 Å². The summed E-state index contributed by atoms with van der Waals surface area (Å²) in [5.41, 5.74) is 3.22. The van der Waals surface area contributed by atoms with Crippen molar-refractivity contribution in [2.24, 2.45) is 29.1 Å². The minimum Gasteiger partial charge on any atom is -0.493 e. The van der Waals surface area contributed by atoms with Crippen LogP contribution in [0.3, 0.4) is 0 Å². The predicted octanol–water partition coefficient (Wildman–Crippen LogP) is 8.37. The summed E-state index contributed by atoms with van der Waals surface area (Å²) in [5.74, 6) is 3.67. The van der Waals surface area contributed by atoms with Crippen molar-refractivity contribution in [3.63, 3.8) is 0 Å². The number of fused-ring (bicyclic) bond motifs is 1. The van der Waals surface area contributed by atoms with Crippen molar-refractivity contribution in [2.45, 2.75) is 97.6 Å². The Bertz CT molecular complexity index is 1650. The summed E-state index contributed by atoms with van der Waals surface area (Å²) in [6, 6.07) is 26.4. The van der Waals surface area contributed by atoms with Gasteiger partial charge < -0.3 is 23.5 Å². The van der Waals surface area contributed by atoms with E-state index in [1.165, 1.54) is 87.8 Å². The molecule has 6 nitrogen and oxygen atoms in total. The zero-order chi connectivity index (χ0) is 36.1. The highest BCUT2D eigenvalue weighted by molar-refractivity contribution is 6.80. The highest BCUT2D eigenvalue weighted by atomic mass is 28.3. The van der Waals surface area contributed by atoms with Crippen LogP contribution in [0, 0.1) is 29.1 Å². The molecule has 0 bridgehead atoms. The molecule has 3 atom stereocenters. The number of rotatable bonds is 15. The second-order valence-electron chi connectivity index (χ2n) is 17.5. The van der Waals surface area contributed by atoms with Crippen molar-refractivity contribution in [3.8, 4) is 5.75 Å². The van der Waals surface area contributed by atoms with E-state index in [-0.39, 0.29) is 11.5 Å². The third kappa shape index (κ3) is 9.39.